The number of carboxylic acid groups (broad SMARTS) is 1. The third-order valence-electron chi connectivity index (χ3n) is 3.91. The molecule has 0 saturated carbocycles. The van der Waals surface area contributed by atoms with E-state index in [0.29, 0.717) is 6.54 Å². The van der Waals surface area contributed by atoms with Crippen molar-refractivity contribution in [3.05, 3.63) is 60.2 Å². The molecule has 0 aromatic heterocycles. The number of nitrogens with zero attached hydrogens (tertiary/aromatic N) is 1. The fourth-order valence-electron chi connectivity index (χ4n) is 2.86. The third kappa shape index (κ3) is 3.46. The van der Waals surface area contributed by atoms with Crippen LogP contribution in [0.1, 0.15) is 18.4 Å². The van der Waals surface area contributed by atoms with Gasteiger partial charge in [-0.3, -0.25) is 9.69 Å². The summed E-state index contributed by atoms with van der Waals surface area (Å²) in [5.41, 5.74) is 1.07. The lowest BCUT2D eigenvalue weighted by Crippen LogP contribution is -2.35. The smallest absolute Gasteiger partial charge is 0.320 e. The second-order valence-corrected chi connectivity index (χ2v) is 5.53. The van der Waals surface area contributed by atoms with Crippen LogP contribution in [0.15, 0.2) is 54.6 Å². The minimum Gasteiger partial charge on any atom is -0.480 e. The molecule has 2 aromatic carbocycles. The molecule has 3 rings (SSSR count). The Balaban J connectivity index is 1.70. The van der Waals surface area contributed by atoms with Gasteiger partial charge in [-0.05, 0) is 49.2 Å². The Morgan fingerprint density at radius 3 is 2.68 bits per heavy atom. The van der Waals surface area contributed by atoms with Gasteiger partial charge in [0.2, 0.25) is 0 Å². The number of benzene rings is 2. The minimum absolute atomic E-state index is 0.362. The number of aliphatic carboxylic acids is 1. The molecule has 1 heterocycles. The summed E-state index contributed by atoms with van der Waals surface area (Å²) < 4.78 is 5.82. The molecule has 1 saturated heterocycles. The van der Waals surface area contributed by atoms with Gasteiger partial charge in [0.05, 0.1) is 0 Å². The largest absolute Gasteiger partial charge is 0.480 e. The van der Waals surface area contributed by atoms with E-state index in [1.807, 2.05) is 59.5 Å². The van der Waals surface area contributed by atoms with E-state index >= 15 is 0 Å². The molecule has 0 radical (unpaired) electrons. The first kappa shape index (κ1) is 14.6. The summed E-state index contributed by atoms with van der Waals surface area (Å²) in [6, 6.07) is 17.1. The molecular weight excluding hydrogens is 278 g/mol. The summed E-state index contributed by atoms with van der Waals surface area (Å²) in [5.74, 6) is 0.841. The van der Waals surface area contributed by atoms with Gasteiger partial charge < -0.3 is 9.84 Å². The first-order valence-corrected chi connectivity index (χ1v) is 7.51. The molecule has 22 heavy (non-hydrogen) atoms. The Morgan fingerprint density at radius 2 is 1.91 bits per heavy atom. The summed E-state index contributed by atoms with van der Waals surface area (Å²) in [4.78, 5) is 13.3. The average Bonchev–Trinajstić information content (AvgIpc) is 2.97. The van der Waals surface area contributed by atoms with Gasteiger partial charge in [-0.1, -0.05) is 30.3 Å². The van der Waals surface area contributed by atoms with Crippen molar-refractivity contribution >= 4 is 5.97 Å². The fraction of sp³-hybridized carbons (Fsp3) is 0.278. The number of carbonyl (C=O) groups is 1. The minimum atomic E-state index is -0.728. The highest BCUT2D eigenvalue weighted by Crippen LogP contribution is 2.25. The maximum absolute atomic E-state index is 11.2. The standard InChI is InChI=1S/C18H19NO3/c20-18(21)17-10-5-11-19(17)13-14-6-4-9-16(12-14)22-15-7-2-1-3-8-15/h1-4,6-9,12,17H,5,10-11,13H2,(H,20,21). The Labute approximate surface area is 130 Å². The average molecular weight is 297 g/mol. The van der Waals surface area contributed by atoms with Crippen LogP contribution in [-0.4, -0.2) is 28.6 Å². The van der Waals surface area contributed by atoms with Crippen LogP contribution in [0, 0.1) is 0 Å². The van der Waals surface area contributed by atoms with E-state index in [2.05, 4.69) is 0 Å². The maximum atomic E-state index is 11.2. The Morgan fingerprint density at radius 1 is 1.14 bits per heavy atom. The quantitative estimate of drug-likeness (QED) is 0.917. The molecule has 1 aliphatic heterocycles. The summed E-state index contributed by atoms with van der Waals surface area (Å²) in [6.07, 6.45) is 1.67. The summed E-state index contributed by atoms with van der Waals surface area (Å²) in [7, 11) is 0. The van der Waals surface area contributed by atoms with Crippen LogP contribution in [0.5, 0.6) is 11.5 Å². The highest BCUT2D eigenvalue weighted by Gasteiger charge is 2.30. The van der Waals surface area contributed by atoms with Gasteiger partial charge in [0, 0.05) is 6.54 Å². The number of ether oxygens (including phenoxy) is 1. The summed E-state index contributed by atoms with van der Waals surface area (Å²) in [6.45, 7) is 1.48. The van der Waals surface area contributed by atoms with Crippen LogP contribution < -0.4 is 4.74 Å². The topological polar surface area (TPSA) is 49.8 Å². The lowest BCUT2D eigenvalue weighted by molar-refractivity contribution is -0.142. The monoisotopic (exact) mass is 297 g/mol. The van der Waals surface area contributed by atoms with Gasteiger partial charge >= 0.3 is 5.97 Å². The Hall–Kier alpha value is -2.33. The van der Waals surface area contributed by atoms with Crippen LogP contribution in [0.2, 0.25) is 0 Å². The molecule has 4 nitrogen and oxygen atoms in total. The van der Waals surface area contributed by atoms with E-state index in [4.69, 9.17) is 4.74 Å². The molecule has 0 bridgehead atoms. The van der Waals surface area contributed by atoms with Gasteiger partial charge in [-0.15, -0.1) is 0 Å². The van der Waals surface area contributed by atoms with Gasteiger partial charge in [0.25, 0.3) is 0 Å². The van der Waals surface area contributed by atoms with Crippen LogP contribution in [0.25, 0.3) is 0 Å². The van der Waals surface area contributed by atoms with Crippen molar-refractivity contribution in [2.45, 2.75) is 25.4 Å². The predicted octanol–water partition coefficient (Wildman–Crippen LogP) is 3.53. The number of likely N-dealkylation sites (tertiary alicyclic amines) is 1. The van der Waals surface area contributed by atoms with E-state index in [9.17, 15) is 9.90 Å². The second kappa shape index (κ2) is 6.62. The number of hydrogen-bond acceptors (Lipinski definition) is 3. The zero-order chi connectivity index (χ0) is 15.4. The Kier molecular flexibility index (Phi) is 4.39. The fourth-order valence-corrected chi connectivity index (χ4v) is 2.86. The number of para-hydroxylation sites is 1. The molecule has 0 amide bonds. The van der Waals surface area contributed by atoms with Gasteiger partial charge in [-0.25, -0.2) is 0 Å². The van der Waals surface area contributed by atoms with Crippen molar-refractivity contribution in [3.63, 3.8) is 0 Å². The molecular formula is C18H19NO3. The van der Waals surface area contributed by atoms with Crippen molar-refractivity contribution in [2.24, 2.45) is 0 Å². The molecule has 4 heteroatoms. The molecule has 0 aliphatic carbocycles. The first-order chi connectivity index (χ1) is 10.7. The number of carboxylic acids is 1. The predicted molar refractivity (Wildman–Crippen MR) is 84.0 cm³/mol. The van der Waals surface area contributed by atoms with Crippen LogP contribution >= 0.6 is 0 Å². The number of rotatable bonds is 5. The van der Waals surface area contributed by atoms with E-state index in [1.54, 1.807) is 0 Å². The molecule has 0 spiro atoms. The molecule has 2 aromatic rings. The molecule has 1 aliphatic rings. The lowest BCUT2D eigenvalue weighted by atomic mass is 10.1. The summed E-state index contributed by atoms with van der Waals surface area (Å²) >= 11 is 0. The van der Waals surface area contributed by atoms with E-state index in [0.717, 1.165) is 36.4 Å². The van der Waals surface area contributed by atoms with Crippen LogP contribution in [-0.2, 0) is 11.3 Å². The molecule has 1 unspecified atom stereocenters. The summed E-state index contributed by atoms with van der Waals surface area (Å²) in [5, 5.41) is 9.24. The highest BCUT2D eigenvalue weighted by molar-refractivity contribution is 5.73. The number of hydrogen-bond donors (Lipinski definition) is 1. The molecule has 1 fully saturated rings. The van der Waals surface area contributed by atoms with Gasteiger partial charge in [-0.2, -0.15) is 0 Å². The Bertz CT molecular complexity index is 642. The van der Waals surface area contributed by atoms with Crippen molar-refractivity contribution < 1.29 is 14.6 Å². The van der Waals surface area contributed by atoms with Crippen LogP contribution in [0.3, 0.4) is 0 Å². The normalized spacial score (nSPS) is 18.3. The zero-order valence-electron chi connectivity index (χ0n) is 12.3. The van der Waals surface area contributed by atoms with Crippen molar-refractivity contribution in [1.29, 1.82) is 0 Å². The molecule has 114 valence electrons. The van der Waals surface area contributed by atoms with E-state index in [-0.39, 0.29) is 6.04 Å². The van der Waals surface area contributed by atoms with Crippen molar-refractivity contribution in [3.8, 4) is 11.5 Å². The van der Waals surface area contributed by atoms with Gasteiger partial charge in [0.1, 0.15) is 17.5 Å². The van der Waals surface area contributed by atoms with Crippen molar-refractivity contribution in [1.82, 2.24) is 4.90 Å². The van der Waals surface area contributed by atoms with E-state index < -0.39 is 5.97 Å². The van der Waals surface area contributed by atoms with Gasteiger partial charge in [0.15, 0.2) is 0 Å². The molecule has 1 atom stereocenters. The zero-order valence-corrected chi connectivity index (χ0v) is 12.3. The van der Waals surface area contributed by atoms with Crippen LogP contribution in [0.4, 0.5) is 0 Å². The van der Waals surface area contributed by atoms with Crippen molar-refractivity contribution in [2.75, 3.05) is 6.54 Å². The third-order valence-corrected chi connectivity index (χ3v) is 3.91. The highest BCUT2D eigenvalue weighted by atomic mass is 16.5. The lowest BCUT2D eigenvalue weighted by Gasteiger charge is -2.21. The first-order valence-electron chi connectivity index (χ1n) is 7.51. The SMILES string of the molecule is O=C(O)C1CCCN1Cc1cccc(Oc2ccccc2)c1. The molecule has 1 N–H and O–H groups in total. The maximum Gasteiger partial charge on any atom is 0.320 e. The van der Waals surface area contributed by atoms with E-state index in [1.165, 1.54) is 0 Å². The second-order valence-electron chi connectivity index (χ2n) is 5.53.